The zero-order chi connectivity index (χ0) is 30.6. The summed E-state index contributed by atoms with van der Waals surface area (Å²) in [6, 6.07) is 10.7. The molecule has 3 fully saturated rings. The van der Waals surface area contributed by atoms with E-state index in [1.807, 2.05) is 6.07 Å². The molecule has 43 heavy (non-hydrogen) atoms. The number of hydrogen-bond donors (Lipinski definition) is 4. The summed E-state index contributed by atoms with van der Waals surface area (Å²) in [7, 11) is 1.56. The zero-order valence-corrected chi connectivity index (χ0v) is 26.4. The number of aldehydes is 1. The minimum atomic E-state index is -1.26. The van der Waals surface area contributed by atoms with Crippen LogP contribution in [0.4, 0.5) is 5.69 Å². The minimum absolute atomic E-state index is 0.0720. The smallest absolute Gasteiger partial charge is 0.251 e. The maximum atomic E-state index is 14.7. The van der Waals surface area contributed by atoms with E-state index in [0.29, 0.717) is 46.3 Å². The lowest BCUT2D eigenvalue weighted by atomic mass is 9.57. The van der Waals surface area contributed by atoms with Crippen LogP contribution in [0.5, 0.6) is 0 Å². The maximum absolute atomic E-state index is 14.7. The summed E-state index contributed by atoms with van der Waals surface area (Å²) in [6.45, 7) is 6.04. The van der Waals surface area contributed by atoms with Crippen LogP contribution in [-0.4, -0.2) is 61.3 Å². The number of hydrogen-bond acceptors (Lipinski definition) is 8. The lowest BCUT2D eigenvalue weighted by Crippen LogP contribution is -2.64. The van der Waals surface area contributed by atoms with Crippen LogP contribution in [0.25, 0.3) is 0 Å². The highest BCUT2D eigenvalue weighted by Crippen LogP contribution is 2.66. The standard InChI is InChI=1S/C32H40Cl2N5O4/c1-29(2)8-10-31(11-9-29)32(25-7-6-22(33)16-26(25)37-39(32)42)27(20-13-21(28(41)35-3)15-23(34)14-20)30(19-40,38-31)18-36-24-5-4-12-43-17-24/h6-7,13-16,19,24,27,36-38H,4-5,8-12,17-18H2,1-3H3,(H,35,41)/q-1/t24?,27-,30?,32-/m0/s1. The SMILES string of the molecule is CNC(=O)c1cc(Cl)cc([C@H]2C(C=O)(CNC3CCCOC3)NC3(CCC(C)(C)CC3)[C@]23c2ccc(Cl)cc2NN3[O-])c1. The van der Waals surface area contributed by atoms with Gasteiger partial charge in [0.25, 0.3) is 5.91 Å². The molecule has 3 heterocycles. The van der Waals surface area contributed by atoms with Gasteiger partial charge in [-0.1, -0.05) is 43.1 Å². The van der Waals surface area contributed by atoms with Gasteiger partial charge in [-0.05, 0) is 79.8 Å². The third-order valence-electron chi connectivity index (χ3n) is 10.3. The summed E-state index contributed by atoms with van der Waals surface area (Å²) in [4.78, 5) is 26.6. The van der Waals surface area contributed by atoms with Crippen molar-refractivity contribution in [1.29, 1.82) is 0 Å². The summed E-state index contributed by atoms with van der Waals surface area (Å²) in [5.74, 6) is -1.03. The third kappa shape index (κ3) is 4.97. The maximum Gasteiger partial charge on any atom is 0.251 e. The fourth-order valence-corrected chi connectivity index (χ4v) is 8.60. The summed E-state index contributed by atoms with van der Waals surface area (Å²) in [6.07, 6.45) is 5.90. The van der Waals surface area contributed by atoms with Gasteiger partial charge in [-0.2, -0.15) is 0 Å². The van der Waals surface area contributed by atoms with Gasteiger partial charge in [0.2, 0.25) is 0 Å². The Morgan fingerprint density at radius 2 is 1.91 bits per heavy atom. The molecule has 3 aliphatic heterocycles. The van der Waals surface area contributed by atoms with Crippen molar-refractivity contribution >= 4 is 41.1 Å². The average molecular weight is 630 g/mol. The van der Waals surface area contributed by atoms with E-state index < -0.39 is 22.5 Å². The number of anilines is 1. The van der Waals surface area contributed by atoms with Gasteiger partial charge >= 0.3 is 0 Å². The molecule has 2 saturated heterocycles. The first-order chi connectivity index (χ1) is 20.5. The predicted octanol–water partition coefficient (Wildman–Crippen LogP) is 5.12. The Morgan fingerprint density at radius 3 is 2.58 bits per heavy atom. The van der Waals surface area contributed by atoms with Crippen molar-refractivity contribution in [2.24, 2.45) is 5.41 Å². The molecule has 4 atom stereocenters. The third-order valence-corrected chi connectivity index (χ3v) is 10.8. The van der Waals surface area contributed by atoms with Crippen molar-refractivity contribution in [3.05, 3.63) is 68.3 Å². The van der Waals surface area contributed by atoms with Crippen molar-refractivity contribution in [3.63, 3.8) is 0 Å². The fraction of sp³-hybridized carbons (Fsp3) is 0.562. The second-order valence-electron chi connectivity index (χ2n) is 13.5. The van der Waals surface area contributed by atoms with Gasteiger partial charge < -0.3 is 30.8 Å². The summed E-state index contributed by atoms with van der Waals surface area (Å²) in [5, 5.41) is 26.7. The number of carbonyl (C=O) groups is 2. The first kappa shape index (κ1) is 30.8. The predicted molar refractivity (Wildman–Crippen MR) is 168 cm³/mol. The second-order valence-corrected chi connectivity index (χ2v) is 14.3. The zero-order valence-electron chi connectivity index (χ0n) is 24.9. The van der Waals surface area contributed by atoms with E-state index in [9.17, 15) is 14.8 Å². The van der Waals surface area contributed by atoms with Gasteiger partial charge in [-0.15, -0.1) is 0 Å². The molecular formula is C32H40Cl2N5O4-. The Balaban J connectivity index is 1.61. The Labute approximate surface area is 262 Å². The molecule has 232 valence electrons. The molecule has 0 radical (unpaired) electrons. The van der Waals surface area contributed by atoms with E-state index in [0.717, 1.165) is 49.3 Å². The molecule has 1 amide bonds. The van der Waals surface area contributed by atoms with E-state index in [1.165, 1.54) is 0 Å². The van der Waals surface area contributed by atoms with Crippen LogP contribution in [0, 0.1) is 10.6 Å². The van der Waals surface area contributed by atoms with Crippen LogP contribution in [0.15, 0.2) is 36.4 Å². The quantitative estimate of drug-likeness (QED) is 0.326. The van der Waals surface area contributed by atoms with E-state index >= 15 is 0 Å². The summed E-state index contributed by atoms with van der Waals surface area (Å²) >= 11 is 13.1. The number of nitrogens with zero attached hydrogens (tertiary/aromatic N) is 1. The second kappa shape index (κ2) is 11.3. The molecule has 11 heteroatoms. The molecule has 2 aromatic rings. The van der Waals surface area contributed by atoms with Crippen molar-refractivity contribution in [1.82, 2.24) is 21.1 Å². The van der Waals surface area contributed by atoms with Gasteiger partial charge in [0.15, 0.2) is 0 Å². The van der Waals surface area contributed by atoms with Crippen LogP contribution in [-0.2, 0) is 15.1 Å². The molecule has 1 saturated carbocycles. The topological polar surface area (TPSA) is 118 Å². The highest BCUT2D eigenvalue weighted by molar-refractivity contribution is 6.31. The van der Waals surface area contributed by atoms with Gasteiger partial charge in [-0.25, -0.2) is 0 Å². The molecule has 0 bridgehead atoms. The number of hydroxylamine groups is 1. The highest BCUT2D eigenvalue weighted by atomic mass is 35.5. The number of hydrazine groups is 1. The molecule has 4 N–H and O–H groups in total. The number of carbonyl (C=O) groups excluding carboxylic acids is 2. The molecule has 1 aliphatic carbocycles. The van der Waals surface area contributed by atoms with E-state index in [4.69, 9.17) is 27.9 Å². The Bertz CT molecular complexity index is 1410. The van der Waals surface area contributed by atoms with E-state index in [2.05, 4.69) is 35.2 Å². The van der Waals surface area contributed by atoms with Crippen molar-refractivity contribution in [3.8, 4) is 0 Å². The lowest BCUT2D eigenvalue weighted by Gasteiger charge is -2.57. The minimum Gasteiger partial charge on any atom is -0.767 e. The summed E-state index contributed by atoms with van der Waals surface area (Å²) in [5.41, 5.74) is 2.27. The number of halogens is 2. The van der Waals surface area contributed by atoms with Gasteiger partial charge in [0.1, 0.15) is 6.29 Å². The monoisotopic (exact) mass is 628 g/mol. The number of benzene rings is 2. The summed E-state index contributed by atoms with van der Waals surface area (Å²) < 4.78 is 5.73. The fourth-order valence-electron chi connectivity index (χ4n) is 8.19. The molecule has 4 aliphatic rings. The number of amides is 1. The Kier molecular flexibility index (Phi) is 8.07. The van der Waals surface area contributed by atoms with Crippen molar-refractivity contribution in [2.75, 3.05) is 32.2 Å². The van der Waals surface area contributed by atoms with Crippen LogP contribution < -0.4 is 21.4 Å². The highest BCUT2D eigenvalue weighted by Gasteiger charge is 2.73. The van der Waals surface area contributed by atoms with Crippen molar-refractivity contribution in [2.45, 2.75) is 80.9 Å². The normalized spacial score (nSPS) is 31.1. The number of nitrogens with one attached hydrogen (secondary N) is 4. The van der Waals surface area contributed by atoms with Gasteiger partial charge in [-0.3, -0.25) is 15.3 Å². The van der Waals surface area contributed by atoms with E-state index in [-0.39, 0.29) is 23.9 Å². The first-order valence-corrected chi connectivity index (χ1v) is 15.9. The molecule has 2 spiro atoms. The molecule has 2 unspecified atom stereocenters. The molecule has 0 aromatic heterocycles. The van der Waals surface area contributed by atoms with Crippen LogP contribution in [0.3, 0.4) is 0 Å². The molecular weight excluding hydrogens is 589 g/mol. The average Bonchev–Trinajstić information content (AvgIpc) is 3.42. The molecule has 6 rings (SSSR count). The number of fused-ring (bicyclic) bond motifs is 3. The number of rotatable bonds is 6. The largest absolute Gasteiger partial charge is 0.767 e. The van der Waals surface area contributed by atoms with E-state index in [1.54, 1.807) is 37.4 Å². The first-order valence-electron chi connectivity index (χ1n) is 15.1. The molecule has 9 nitrogen and oxygen atoms in total. The van der Waals surface area contributed by atoms with Crippen LogP contribution in [0.2, 0.25) is 10.0 Å². The lowest BCUT2D eigenvalue weighted by molar-refractivity contribution is -0.114. The van der Waals surface area contributed by atoms with Crippen LogP contribution in [0.1, 0.15) is 79.8 Å². The van der Waals surface area contributed by atoms with Crippen molar-refractivity contribution < 1.29 is 14.3 Å². The van der Waals surface area contributed by atoms with Crippen LogP contribution >= 0.6 is 23.2 Å². The Morgan fingerprint density at radius 1 is 1.14 bits per heavy atom. The van der Waals surface area contributed by atoms with Gasteiger partial charge in [0, 0.05) is 58.9 Å². The Hall–Kier alpha value is -2.24. The molecule has 2 aromatic carbocycles. The number of ether oxygens (including phenoxy) is 1. The van der Waals surface area contributed by atoms with Gasteiger partial charge in [0.05, 0.1) is 23.4 Å².